The third-order valence-electron chi connectivity index (χ3n) is 11.8. The first kappa shape index (κ1) is 29.2. The molecule has 0 spiro atoms. The number of halogens is 1. The molecule has 4 aliphatic carbocycles. The Hall–Kier alpha value is -1.35. The Kier molecular flexibility index (Phi) is 8.87. The molecule has 39 heavy (non-hydrogen) atoms. The van der Waals surface area contributed by atoms with Crippen LogP contribution in [0.2, 0.25) is 0 Å². The highest BCUT2D eigenvalue weighted by Gasteiger charge is 2.59. The van der Waals surface area contributed by atoms with Gasteiger partial charge in [-0.1, -0.05) is 95.9 Å². The van der Waals surface area contributed by atoms with Gasteiger partial charge in [0.25, 0.3) is 0 Å². The molecule has 3 heteroatoms. The molecule has 0 aliphatic heterocycles. The standard InChI is InChI=1S/C36H51BrO2/c1-24(2)10-9-11-25(3)30-16-17-31-29-15-14-27-23-28(18-20-35(27,4)32(29)19-21-36(30,31)5)39-34(38)33(37)22-26-12-7-6-8-13-26/h6-8,12-14,22,24-25,28-32H,9-11,15-21,23H2,1-5H3/b33-22-/t25-,28+,29-,30-,31+,32-,35+,36-/m1/s1. The second-order valence-electron chi connectivity index (χ2n) is 14.5. The van der Waals surface area contributed by atoms with Gasteiger partial charge in [-0.15, -0.1) is 0 Å². The van der Waals surface area contributed by atoms with Gasteiger partial charge in [0.15, 0.2) is 0 Å². The molecule has 0 saturated heterocycles. The highest BCUT2D eigenvalue weighted by atomic mass is 79.9. The highest BCUT2D eigenvalue weighted by molar-refractivity contribution is 9.12. The lowest BCUT2D eigenvalue weighted by molar-refractivity contribution is -0.145. The lowest BCUT2D eigenvalue weighted by Crippen LogP contribution is -2.51. The number of ether oxygens (including phenoxy) is 1. The minimum absolute atomic E-state index is 0.0125. The lowest BCUT2D eigenvalue weighted by atomic mass is 9.47. The number of carbonyl (C=O) groups is 1. The Bertz CT molecular complexity index is 1070. The number of benzene rings is 1. The molecule has 8 atom stereocenters. The molecule has 0 heterocycles. The topological polar surface area (TPSA) is 26.3 Å². The average molecular weight is 596 g/mol. The van der Waals surface area contributed by atoms with E-state index in [-0.39, 0.29) is 17.5 Å². The minimum atomic E-state index is -0.241. The molecule has 0 amide bonds. The second kappa shape index (κ2) is 11.9. The molecule has 214 valence electrons. The highest BCUT2D eigenvalue weighted by Crippen LogP contribution is 2.67. The Morgan fingerprint density at radius 1 is 1.03 bits per heavy atom. The van der Waals surface area contributed by atoms with Gasteiger partial charge in [0, 0.05) is 6.42 Å². The quantitative estimate of drug-likeness (QED) is 0.170. The number of hydrogen-bond donors (Lipinski definition) is 0. The summed E-state index contributed by atoms with van der Waals surface area (Å²) in [5, 5.41) is 0. The zero-order valence-corrected chi connectivity index (χ0v) is 26.6. The molecular formula is C36H51BrO2. The largest absolute Gasteiger partial charge is 0.458 e. The van der Waals surface area contributed by atoms with E-state index in [4.69, 9.17) is 4.74 Å². The van der Waals surface area contributed by atoms with Crippen LogP contribution >= 0.6 is 15.9 Å². The van der Waals surface area contributed by atoms with Gasteiger partial charge in [-0.2, -0.15) is 0 Å². The number of carbonyl (C=O) groups excluding carboxylic acids is 1. The predicted octanol–water partition coefficient (Wildman–Crippen LogP) is 10.4. The van der Waals surface area contributed by atoms with Crippen LogP contribution in [0.4, 0.5) is 0 Å². The van der Waals surface area contributed by atoms with Gasteiger partial charge in [-0.25, -0.2) is 4.79 Å². The molecule has 1 aromatic rings. The third kappa shape index (κ3) is 5.86. The Balaban J connectivity index is 1.23. The molecule has 4 aliphatic rings. The summed E-state index contributed by atoms with van der Waals surface area (Å²) in [6, 6.07) is 9.95. The van der Waals surface area contributed by atoms with Crippen molar-refractivity contribution in [1.82, 2.24) is 0 Å². The van der Waals surface area contributed by atoms with Gasteiger partial charge in [0.05, 0.1) is 0 Å². The number of esters is 1. The summed E-state index contributed by atoms with van der Waals surface area (Å²) in [4.78, 5) is 12.9. The van der Waals surface area contributed by atoms with Crippen molar-refractivity contribution in [3.05, 3.63) is 52.0 Å². The van der Waals surface area contributed by atoms with E-state index in [0.29, 0.717) is 9.90 Å². The first-order valence-corrected chi connectivity index (χ1v) is 16.7. The monoisotopic (exact) mass is 594 g/mol. The van der Waals surface area contributed by atoms with Crippen LogP contribution in [0.1, 0.15) is 111 Å². The van der Waals surface area contributed by atoms with Crippen LogP contribution in [0, 0.1) is 46.3 Å². The van der Waals surface area contributed by atoms with Crippen molar-refractivity contribution < 1.29 is 9.53 Å². The molecule has 0 radical (unpaired) electrons. The Morgan fingerprint density at radius 2 is 1.79 bits per heavy atom. The normalized spacial score (nSPS) is 36.9. The summed E-state index contributed by atoms with van der Waals surface area (Å²) in [5.74, 6) is 4.88. The van der Waals surface area contributed by atoms with Crippen LogP contribution in [0.3, 0.4) is 0 Å². The molecule has 3 saturated carbocycles. The minimum Gasteiger partial charge on any atom is -0.458 e. The summed E-state index contributed by atoms with van der Waals surface area (Å²) >= 11 is 3.47. The first-order valence-electron chi connectivity index (χ1n) is 15.9. The molecular weight excluding hydrogens is 544 g/mol. The Labute approximate surface area is 246 Å². The van der Waals surface area contributed by atoms with Crippen molar-refractivity contribution in [3.8, 4) is 0 Å². The van der Waals surface area contributed by atoms with Gasteiger partial charge >= 0.3 is 5.97 Å². The molecule has 0 bridgehead atoms. The van der Waals surface area contributed by atoms with Gasteiger partial charge in [0.2, 0.25) is 0 Å². The van der Waals surface area contributed by atoms with E-state index in [1.165, 1.54) is 51.4 Å². The molecule has 5 rings (SSSR count). The molecule has 0 aromatic heterocycles. The van der Waals surface area contributed by atoms with Crippen molar-refractivity contribution in [1.29, 1.82) is 0 Å². The average Bonchev–Trinajstić information content (AvgIpc) is 3.26. The number of rotatable bonds is 8. The van der Waals surface area contributed by atoms with Crippen LogP contribution < -0.4 is 0 Å². The van der Waals surface area contributed by atoms with E-state index in [9.17, 15) is 4.79 Å². The molecule has 3 fully saturated rings. The summed E-state index contributed by atoms with van der Waals surface area (Å²) < 4.78 is 6.53. The van der Waals surface area contributed by atoms with Crippen LogP contribution in [-0.2, 0) is 9.53 Å². The van der Waals surface area contributed by atoms with E-state index in [2.05, 4.69) is 56.6 Å². The van der Waals surface area contributed by atoms with E-state index < -0.39 is 0 Å². The van der Waals surface area contributed by atoms with E-state index >= 15 is 0 Å². The van der Waals surface area contributed by atoms with E-state index in [0.717, 1.165) is 60.3 Å². The lowest BCUT2D eigenvalue weighted by Gasteiger charge is -2.58. The maximum atomic E-state index is 12.9. The number of hydrogen-bond acceptors (Lipinski definition) is 2. The smallest absolute Gasteiger partial charge is 0.345 e. The van der Waals surface area contributed by atoms with Gasteiger partial charge < -0.3 is 4.74 Å². The van der Waals surface area contributed by atoms with Crippen LogP contribution in [0.5, 0.6) is 0 Å². The molecule has 0 unspecified atom stereocenters. The van der Waals surface area contributed by atoms with Crippen LogP contribution in [0.25, 0.3) is 6.08 Å². The van der Waals surface area contributed by atoms with Crippen molar-refractivity contribution in [2.24, 2.45) is 46.3 Å². The maximum absolute atomic E-state index is 12.9. The first-order chi connectivity index (χ1) is 18.6. The fourth-order valence-corrected chi connectivity index (χ4v) is 10.1. The van der Waals surface area contributed by atoms with E-state index in [1.807, 2.05) is 36.4 Å². The number of allylic oxidation sites excluding steroid dienone is 1. The number of fused-ring (bicyclic) bond motifs is 5. The maximum Gasteiger partial charge on any atom is 0.345 e. The van der Waals surface area contributed by atoms with Crippen molar-refractivity contribution in [2.45, 2.75) is 111 Å². The summed E-state index contributed by atoms with van der Waals surface area (Å²) in [7, 11) is 0. The van der Waals surface area contributed by atoms with E-state index in [1.54, 1.807) is 5.57 Å². The third-order valence-corrected chi connectivity index (χ3v) is 12.4. The summed E-state index contributed by atoms with van der Waals surface area (Å²) in [5.41, 5.74) is 3.40. The zero-order valence-electron chi connectivity index (χ0n) is 25.1. The summed E-state index contributed by atoms with van der Waals surface area (Å²) in [6.07, 6.45) is 18.6. The molecule has 0 N–H and O–H groups in total. The van der Waals surface area contributed by atoms with Crippen LogP contribution in [-0.4, -0.2) is 12.1 Å². The molecule has 1 aromatic carbocycles. The van der Waals surface area contributed by atoms with Crippen molar-refractivity contribution in [2.75, 3.05) is 0 Å². The van der Waals surface area contributed by atoms with Gasteiger partial charge in [-0.3, -0.25) is 0 Å². The summed E-state index contributed by atoms with van der Waals surface area (Å²) in [6.45, 7) is 12.5. The second-order valence-corrected chi connectivity index (χ2v) is 15.3. The Morgan fingerprint density at radius 3 is 2.54 bits per heavy atom. The predicted molar refractivity (Wildman–Crippen MR) is 166 cm³/mol. The molecule has 2 nitrogen and oxygen atoms in total. The van der Waals surface area contributed by atoms with Gasteiger partial charge in [-0.05, 0) is 119 Å². The van der Waals surface area contributed by atoms with Crippen LogP contribution in [0.15, 0.2) is 46.5 Å². The fourth-order valence-electron chi connectivity index (χ4n) is 9.71. The SMILES string of the molecule is CC(C)CCC[C@@H](C)[C@H]1CC[C@H]2[C@H]3CC=C4C[C@@H](OC(=O)/C(Br)=C/c5ccccc5)CC[C@]4(C)[C@@H]3CC[C@]12C. The zero-order chi connectivity index (χ0) is 27.8. The van der Waals surface area contributed by atoms with Crippen molar-refractivity contribution in [3.63, 3.8) is 0 Å². The van der Waals surface area contributed by atoms with Gasteiger partial charge in [0.1, 0.15) is 10.6 Å². The van der Waals surface area contributed by atoms with Crippen molar-refractivity contribution >= 4 is 28.0 Å². The fraction of sp³-hybridized carbons (Fsp3) is 0.694.